The normalized spacial score (nSPS) is 11.6. The molecule has 0 radical (unpaired) electrons. The summed E-state index contributed by atoms with van der Waals surface area (Å²) < 4.78 is 9.09. The second-order valence-corrected chi connectivity index (χ2v) is 8.29. The number of ether oxygens (including phenoxy) is 1. The molecule has 9 heteroatoms. The van der Waals surface area contributed by atoms with Crippen LogP contribution in [-0.2, 0) is 17.0 Å². The zero-order valence-electron chi connectivity index (χ0n) is 15.8. The number of thioether (sulfide) groups is 1. The van der Waals surface area contributed by atoms with Gasteiger partial charge in [0, 0.05) is 30.9 Å². The number of hydrogen-bond acceptors (Lipinski definition) is 7. The monoisotopic (exact) mass is 415 g/mol. The number of fused-ring (bicyclic) bond motifs is 3. The highest BCUT2D eigenvalue weighted by atomic mass is 32.2. The van der Waals surface area contributed by atoms with Crippen molar-refractivity contribution in [2.45, 2.75) is 37.7 Å². The number of aromatic nitrogens is 5. The average Bonchev–Trinajstić information content (AvgIpc) is 3.32. The Bertz CT molecular complexity index is 1160. The van der Waals surface area contributed by atoms with Gasteiger partial charge in [-0.15, -0.1) is 21.5 Å². The van der Waals surface area contributed by atoms with Crippen molar-refractivity contribution in [1.82, 2.24) is 24.1 Å². The van der Waals surface area contributed by atoms with E-state index < -0.39 is 0 Å². The second-order valence-electron chi connectivity index (χ2n) is 6.29. The highest BCUT2D eigenvalue weighted by Gasteiger charge is 2.17. The van der Waals surface area contributed by atoms with Crippen LogP contribution in [0.15, 0.2) is 39.6 Å². The zero-order valence-corrected chi connectivity index (χ0v) is 17.4. The first-order valence-electron chi connectivity index (χ1n) is 9.17. The molecular weight excluding hydrogens is 394 g/mol. The molecule has 28 heavy (non-hydrogen) atoms. The maximum Gasteiger partial charge on any atom is 0.262 e. The summed E-state index contributed by atoms with van der Waals surface area (Å²) in [7, 11) is 0. The van der Waals surface area contributed by atoms with E-state index in [2.05, 4.69) is 20.6 Å². The van der Waals surface area contributed by atoms with Crippen LogP contribution in [0.2, 0.25) is 0 Å². The van der Waals surface area contributed by atoms with E-state index in [9.17, 15) is 4.79 Å². The van der Waals surface area contributed by atoms with Gasteiger partial charge >= 0.3 is 0 Å². The van der Waals surface area contributed by atoms with Crippen LogP contribution in [0.5, 0.6) is 0 Å². The lowest BCUT2D eigenvalue weighted by Crippen LogP contribution is -2.24. The van der Waals surface area contributed by atoms with Gasteiger partial charge in [-0.05, 0) is 32.4 Å². The van der Waals surface area contributed by atoms with E-state index in [0.29, 0.717) is 36.7 Å². The van der Waals surface area contributed by atoms with Crippen molar-refractivity contribution >= 4 is 39.8 Å². The van der Waals surface area contributed by atoms with Crippen LogP contribution in [0.3, 0.4) is 0 Å². The minimum absolute atomic E-state index is 0.0429. The SMILES string of the molecule is CCOCCCn1c(=O)c2ccccc2n2c(SCc3csc(C)n3)nnc12. The molecule has 0 saturated heterocycles. The van der Waals surface area contributed by atoms with Crippen LogP contribution in [-0.4, -0.2) is 37.4 Å². The Morgan fingerprint density at radius 1 is 1.25 bits per heavy atom. The lowest BCUT2D eigenvalue weighted by Gasteiger charge is -2.11. The lowest BCUT2D eigenvalue weighted by atomic mass is 10.2. The number of para-hydroxylation sites is 1. The highest BCUT2D eigenvalue weighted by molar-refractivity contribution is 7.98. The van der Waals surface area contributed by atoms with Gasteiger partial charge in [-0.25, -0.2) is 4.98 Å². The number of benzene rings is 1. The molecule has 3 heterocycles. The van der Waals surface area contributed by atoms with Gasteiger partial charge in [0.15, 0.2) is 5.16 Å². The maximum absolute atomic E-state index is 13.0. The summed E-state index contributed by atoms with van der Waals surface area (Å²) in [6.07, 6.45) is 0.745. The number of thiazole rings is 1. The molecule has 0 aliphatic carbocycles. The molecule has 0 spiro atoms. The standard InChI is InChI=1S/C19H21N5O2S2/c1-3-26-10-6-9-23-17(25)15-7-4-5-8-16(15)24-18(23)21-22-19(24)28-12-14-11-27-13(2)20-14/h4-5,7-8,11H,3,6,9-10,12H2,1-2H3. The molecular formula is C19H21N5O2S2. The summed E-state index contributed by atoms with van der Waals surface area (Å²) in [4.78, 5) is 17.5. The van der Waals surface area contributed by atoms with Crippen molar-refractivity contribution < 1.29 is 4.74 Å². The summed E-state index contributed by atoms with van der Waals surface area (Å²) in [6.45, 7) is 5.79. The van der Waals surface area contributed by atoms with E-state index in [1.165, 1.54) is 0 Å². The predicted molar refractivity (Wildman–Crippen MR) is 112 cm³/mol. The Morgan fingerprint density at radius 3 is 2.89 bits per heavy atom. The molecule has 4 aromatic rings. The fraction of sp³-hybridized carbons (Fsp3) is 0.368. The Morgan fingerprint density at radius 2 is 2.11 bits per heavy atom. The Kier molecular flexibility index (Phi) is 5.74. The molecule has 0 aliphatic heterocycles. The lowest BCUT2D eigenvalue weighted by molar-refractivity contribution is 0.141. The summed E-state index contributed by atoms with van der Waals surface area (Å²) >= 11 is 3.22. The predicted octanol–water partition coefficient (Wildman–Crippen LogP) is 3.53. The summed E-state index contributed by atoms with van der Waals surface area (Å²) in [5, 5.41) is 13.3. The first kappa shape index (κ1) is 19.1. The minimum Gasteiger partial charge on any atom is -0.382 e. The molecule has 0 unspecified atom stereocenters. The van der Waals surface area contributed by atoms with Crippen LogP contribution >= 0.6 is 23.1 Å². The molecule has 7 nitrogen and oxygen atoms in total. The highest BCUT2D eigenvalue weighted by Crippen LogP contribution is 2.25. The number of nitrogens with zero attached hydrogens (tertiary/aromatic N) is 5. The smallest absolute Gasteiger partial charge is 0.262 e. The quantitative estimate of drug-likeness (QED) is 0.324. The number of rotatable bonds is 8. The molecule has 0 amide bonds. The topological polar surface area (TPSA) is 74.3 Å². The van der Waals surface area contributed by atoms with Gasteiger partial charge < -0.3 is 4.74 Å². The van der Waals surface area contributed by atoms with E-state index >= 15 is 0 Å². The largest absolute Gasteiger partial charge is 0.382 e. The first-order valence-corrected chi connectivity index (χ1v) is 11.0. The molecule has 0 atom stereocenters. The average molecular weight is 416 g/mol. The van der Waals surface area contributed by atoms with Gasteiger partial charge in [-0.1, -0.05) is 23.9 Å². The van der Waals surface area contributed by atoms with E-state index in [4.69, 9.17) is 4.74 Å². The van der Waals surface area contributed by atoms with Crippen molar-refractivity contribution in [3.63, 3.8) is 0 Å². The molecule has 3 aromatic heterocycles. The maximum atomic E-state index is 13.0. The summed E-state index contributed by atoms with van der Waals surface area (Å²) in [6, 6.07) is 7.61. The fourth-order valence-electron chi connectivity index (χ4n) is 3.11. The van der Waals surface area contributed by atoms with Crippen LogP contribution in [0.1, 0.15) is 24.0 Å². The summed E-state index contributed by atoms with van der Waals surface area (Å²) in [5.74, 6) is 1.28. The molecule has 0 bridgehead atoms. The fourth-order valence-corrected chi connectivity index (χ4v) is 4.66. The molecule has 146 valence electrons. The van der Waals surface area contributed by atoms with Crippen LogP contribution in [0.25, 0.3) is 16.7 Å². The van der Waals surface area contributed by atoms with Crippen LogP contribution < -0.4 is 5.56 Å². The van der Waals surface area contributed by atoms with Gasteiger partial charge in [0.05, 0.1) is 21.6 Å². The van der Waals surface area contributed by atoms with Crippen molar-refractivity contribution in [2.24, 2.45) is 0 Å². The molecule has 0 N–H and O–H groups in total. The van der Waals surface area contributed by atoms with Gasteiger partial charge in [-0.3, -0.25) is 13.8 Å². The third kappa shape index (κ3) is 3.69. The summed E-state index contributed by atoms with van der Waals surface area (Å²) in [5.41, 5.74) is 1.81. The Hall–Kier alpha value is -2.23. The molecule has 0 saturated carbocycles. The van der Waals surface area contributed by atoms with Gasteiger partial charge in [0.1, 0.15) is 0 Å². The van der Waals surface area contributed by atoms with E-state index in [0.717, 1.165) is 27.8 Å². The Balaban J connectivity index is 1.75. The van der Waals surface area contributed by atoms with Crippen molar-refractivity contribution in [3.05, 3.63) is 50.7 Å². The molecule has 1 aromatic carbocycles. The first-order chi connectivity index (χ1) is 13.7. The van der Waals surface area contributed by atoms with E-state index in [-0.39, 0.29) is 5.56 Å². The van der Waals surface area contributed by atoms with Gasteiger partial charge in [0.2, 0.25) is 5.78 Å². The van der Waals surface area contributed by atoms with Crippen LogP contribution in [0, 0.1) is 6.92 Å². The van der Waals surface area contributed by atoms with E-state index in [1.54, 1.807) is 27.7 Å². The number of hydrogen-bond donors (Lipinski definition) is 0. The molecule has 0 aliphatic rings. The van der Waals surface area contributed by atoms with Crippen molar-refractivity contribution in [2.75, 3.05) is 13.2 Å². The van der Waals surface area contributed by atoms with Crippen LogP contribution in [0.4, 0.5) is 0 Å². The molecule has 0 fully saturated rings. The number of aryl methyl sites for hydroxylation is 2. The van der Waals surface area contributed by atoms with Crippen molar-refractivity contribution in [3.8, 4) is 0 Å². The Labute approximate surface area is 170 Å². The van der Waals surface area contributed by atoms with Crippen molar-refractivity contribution in [1.29, 1.82) is 0 Å². The van der Waals surface area contributed by atoms with E-state index in [1.807, 2.05) is 42.5 Å². The van der Waals surface area contributed by atoms with Gasteiger partial charge in [0.25, 0.3) is 5.56 Å². The minimum atomic E-state index is -0.0429. The molecule has 4 rings (SSSR count). The zero-order chi connectivity index (χ0) is 19.5. The second kappa shape index (κ2) is 8.42. The third-order valence-electron chi connectivity index (χ3n) is 4.37. The third-order valence-corrected chi connectivity index (χ3v) is 6.15. The van der Waals surface area contributed by atoms with Gasteiger partial charge in [-0.2, -0.15) is 0 Å².